The highest BCUT2D eigenvalue weighted by Crippen LogP contribution is 2.24. The molecule has 0 aliphatic carbocycles. The van der Waals surface area contributed by atoms with Crippen molar-refractivity contribution in [1.82, 2.24) is 15.1 Å². The van der Waals surface area contributed by atoms with E-state index in [2.05, 4.69) is 10.4 Å². The van der Waals surface area contributed by atoms with Gasteiger partial charge in [0.15, 0.2) is 11.6 Å². The van der Waals surface area contributed by atoms with Crippen molar-refractivity contribution in [2.75, 3.05) is 6.54 Å². The van der Waals surface area contributed by atoms with Gasteiger partial charge in [0.1, 0.15) is 5.69 Å². The van der Waals surface area contributed by atoms with Crippen LogP contribution in [0, 0.1) is 11.6 Å². The molecule has 0 unspecified atom stereocenters. The van der Waals surface area contributed by atoms with Crippen molar-refractivity contribution in [3.05, 3.63) is 59.8 Å². The van der Waals surface area contributed by atoms with Crippen LogP contribution in [0.25, 0.3) is 16.6 Å². The summed E-state index contributed by atoms with van der Waals surface area (Å²) in [5.74, 6) is -1.23. The van der Waals surface area contributed by atoms with E-state index < -0.39 is 11.6 Å². The van der Waals surface area contributed by atoms with Gasteiger partial charge in [0.05, 0.1) is 11.7 Å². The number of aromatic nitrogens is 2. The molecule has 5 heteroatoms. The van der Waals surface area contributed by atoms with Gasteiger partial charge in [0, 0.05) is 11.9 Å². The summed E-state index contributed by atoms with van der Waals surface area (Å²) in [7, 11) is 0. The van der Waals surface area contributed by atoms with Gasteiger partial charge in [-0.15, -0.1) is 0 Å². The van der Waals surface area contributed by atoms with E-state index in [1.807, 2.05) is 25.1 Å². The Kier molecular flexibility index (Phi) is 3.66. The maximum absolute atomic E-state index is 14.3. The fourth-order valence-electron chi connectivity index (χ4n) is 2.34. The van der Waals surface area contributed by atoms with E-state index in [9.17, 15) is 8.78 Å². The lowest BCUT2D eigenvalue weighted by atomic mass is 10.1. The summed E-state index contributed by atoms with van der Waals surface area (Å²) < 4.78 is 29.9. The van der Waals surface area contributed by atoms with Crippen molar-refractivity contribution in [3.63, 3.8) is 0 Å². The molecule has 3 nitrogen and oxygen atoms in total. The van der Waals surface area contributed by atoms with Crippen LogP contribution in [-0.2, 0) is 6.54 Å². The number of hydrogen-bond donors (Lipinski definition) is 1. The molecule has 3 aromatic rings. The van der Waals surface area contributed by atoms with Crippen LogP contribution in [0.2, 0.25) is 0 Å². The third-order valence-corrected chi connectivity index (χ3v) is 3.34. The quantitative estimate of drug-likeness (QED) is 0.797. The molecule has 21 heavy (non-hydrogen) atoms. The maximum atomic E-state index is 14.3. The molecule has 0 atom stereocenters. The van der Waals surface area contributed by atoms with Crippen LogP contribution in [0.15, 0.2) is 42.6 Å². The highest BCUT2D eigenvalue weighted by molar-refractivity contribution is 5.80. The summed E-state index contributed by atoms with van der Waals surface area (Å²) >= 11 is 0. The SMILES string of the molecule is CCNCc1cc(F)c(-n2ncc3ccccc32)c(F)c1. The predicted molar refractivity (Wildman–Crippen MR) is 78.4 cm³/mol. The monoisotopic (exact) mass is 287 g/mol. The Morgan fingerprint density at radius 3 is 2.57 bits per heavy atom. The second-order valence-electron chi connectivity index (χ2n) is 4.80. The standard InChI is InChI=1S/C16H15F2N3/c1-2-19-9-11-7-13(17)16(14(18)8-11)21-15-6-4-3-5-12(15)10-20-21/h3-8,10,19H,2,9H2,1H3. The van der Waals surface area contributed by atoms with Gasteiger partial charge in [-0.25, -0.2) is 13.5 Å². The lowest BCUT2D eigenvalue weighted by molar-refractivity contribution is 0.557. The molecule has 0 saturated carbocycles. The molecular formula is C16H15F2N3. The number of nitrogens with one attached hydrogen (secondary N) is 1. The van der Waals surface area contributed by atoms with Gasteiger partial charge >= 0.3 is 0 Å². The Hall–Kier alpha value is -2.27. The Morgan fingerprint density at radius 2 is 1.86 bits per heavy atom. The van der Waals surface area contributed by atoms with Crippen LogP contribution in [0.4, 0.5) is 8.78 Å². The van der Waals surface area contributed by atoms with Crippen LogP contribution in [-0.4, -0.2) is 16.3 Å². The highest BCUT2D eigenvalue weighted by atomic mass is 19.1. The topological polar surface area (TPSA) is 29.9 Å². The van der Waals surface area contributed by atoms with Crippen molar-refractivity contribution in [1.29, 1.82) is 0 Å². The molecule has 1 heterocycles. The first-order valence-corrected chi connectivity index (χ1v) is 6.82. The van der Waals surface area contributed by atoms with Crippen molar-refractivity contribution in [3.8, 4) is 5.69 Å². The molecule has 1 aromatic heterocycles. The van der Waals surface area contributed by atoms with Crippen molar-refractivity contribution >= 4 is 10.9 Å². The lowest BCUT2D eigenvalue weighted by Crippen LogP contribution is -2.13. The molecule has 3 rings (SSSR count). The Labute approximate surface area is 121 Å². The van der Waals surface area contributed by atoms with E-state index in [-0.39, 0.29) is 5.69 Å². The van der Waals surface area contributed by atoms with Crippen molar-refractivity contribution in [2.24, 2.45) is 0 Å². The molecule has 108 valence electrons. The smallest absolute Gasteiger partial charge is 0.152 e. The highest BCUT2D eigenvalue weighted by Gasteiger charge is 2.16. The molecule has 0 aliphatic heterocycles. The summed E-state index contributed by atoms with van der Waals surface area (Å²) in [5, 5.41) is 7.99. The summed E-state index contributed by atoms with van der Waals surface area (Å²) in [6.45, 7) is 3.12. The minimum atomic E-state index is -0.614. The fourth-order valence-corrected chi connectivity index (χ4v) is 2.34. The maximum Gasteiger partial charge on any atom is 0.152 e. The first-order chi connectivity index (χ1) is 10.2. The van der Waals surface area contributed by atoms with Gasteiger partial charge in [0.25, 0.3) is 0 Å². The fraction of sp³-hybridized carbons (Fsp3) is 0.188. The third kappa shape index (κ3) is 2.52. The number of fused-ring (bicyclic) bond motifs is 1. The van der Waals surface area contributed by atoms with E-state index in [1.165, 1.54) is 16.8 Å². The zero-order chi connectivity index (χ0) is 14.8. The van der Waals surface area contributed by atoms with E-state index >= 15 is 0 Å². The van der Waals surface area contributed by atoms with E-state index in [1.54, 1.807) is 12.3 Å². The molecule has 2 aromatic carbocycles. The molecular weight excluding hydrogens is 272 g/mol. The summed E-state index contributed by atoms with van der Waals surface area (Å²) in [4.78, 5) is 0. The molecule has 0 saturated heterocycles. The number of benzene rings is 2. The van der Waals surface area contributed by atoms with Crippen molar-refractivity contribution in [2.45, 2.75) is 13.5 Å². The van der Waals surface area contributed by atoms with E-state index in [0.717, 1.165) is 11.9 Å². The van der Waals surface area contributed by atoms with Crippen LogP contribution < -0.4 is 5.32 Å². The molecule has 1 N–H and O–H groups in total. The zero-order valence-electron chi connectivity index (χ0n) is 11.6. The largest absolute Gasteiger partial charge is 0.313 e. The normalized spacial score (nSPS) is 11.2. The number of halogens is 2. The summed E-state index contributed by atoms with van der Waals surface area (Å²) in [6.07, 6.45) is 1.60. The number of hydrogen-bond acceptors (Lipinski definition) is 2. The zero-order valence-corrected chi connectivity index (χ0v) is 11.6. The summed E-state index contributed by atoms with van der Waals surface area (Å²) in [6, 6.07) is 10.0. The average molecular weight is 287 g/mol. The van der Waals surface area contributed by atoms with Crippen LogP contribution in [0.3, 0.4) is 0 Å². The first kappa shape index (κ1) is 13.7. The molecule has 0 radical (unpaired) electrons. The second kappa shape index (κ2) is 5.61. The molecule has 0 amide bonds. The third-order valence-electron chi connectivity index (χ3n) is 3.34. The van der Waals surface area contributed by atoms with Gasteiger partial charge in [-0.3, -0.25) is 0 Å². The molecule has 0 aliphatic rings. The predicted octanol–water partition coefficient (Wildman–Crippen LogP) is 3.41. The Bertz CT molecular complexity index is 757. The van der Waals surface area contributed by atoms with Crippen LogP contribution in [0.1, 0.15) is 12.5 Å². The van der Waals surface area contributed by atoms with Gasteiger partial charge in [0.2, 0.25) is 0 Å². The Balaban J connectivity index is 2.10. The molecule has 0 bridgehead atoms. The Morgan fingerprint density at radius 1 is 1.14 bits per heavy atom. The number of para-hydroxylation sites is 1. The first-order valence-electron chi connectivity index (χ1n) is 6.82. The van der Waals surface area contributed by atoms with Gasteiger partial charge < -0.3 is 5.32 Å². The van der Waals surface area contributed by atoms with Gasteiger partial charge in [-0.05, 0) is 30.3 Å². The minimum Gasteiger partial charge on any atom is -0.313 e. The molecule has 0 fully saturated rings. The van der Waals surface area contributed by atoms with Crippen LogP contribution >= 0.6 is 0 Å². The van der Waals surface area contributed by atoms with Gasteiger partial charge in [-0.1, -0.05) is 25.1 Å². The van der Waals surface area contributed by atoms with Gasteiger partial charge in [-0.2, -0.15) is 5.10 Å². The average Bonchev–Trinajstić information content (AvgIpc) is 2.89. The molecule has 0 spiro atoms. The van der Waals surface area contributed by atoms with E-state index in [4.69, 9.17) is 0 Å². The summed E-state index contributed by atoms with van der Waals surface area (Å²) in [5.41, 5.74) is 1.11. The second-order valence-corrected chi connectivity index (χ2v) is 4.80. The minimum absolute atomic E-state index is 0.142. The van der Waals surface area contributed by atoms with E-state index in [0.29, 0.717) is 17.6 Å². The number of rotatable bonds is 4. The van der Waals surface area contributed by atoms with Crippen molar-refractivity contribution < 1.29 is 8.78 Å². The lowest BCUT2D eigenvalue weighted by Gasteiger charge is -2.09. The van der Waals surface area contributed by atoms with Crippen LogP contribution in [0.5, 0.6) is 0 Å². The number of nitrogens with zero attached hydrogens (tertiary/aromatic N) is 2.